The van der Waals surface area contributed by atoms with Crippen molar-refractivity contribution < 1.29 is 23.1 Å². The molecule has 0 aliphatic carbocycles. The maximum atomic E-state index is 13.0. The SMILES string of the molecule is Nc1ccc(Sc2ccccc2C(=O)O)c(C(F)(F)F)c1. The van der Waals surface area contributed by atoms with E-state index in [1.165, 1.54) is 30.3 Å². The molecule has 0 heterocycles. The Hall–Kier alpha value is -2.15. The smallest absolute Gasteiger partial charge is 0.417 e. The highest BCUT2D eigenvalue weighted by molar-refractivity contribution is 7.99. The molecular formula is C14H10F3NO2S. The van der Waals surface area contributed by atoms with Gasteiger partial charge in [0.15, 0.2) is 0 Å². The molecule has 3 N–H and O–H groups in total. The Morgan fingerprint density at radius 2 is 1.76 bits per heavy atom. The third-order valence-electron chi connectivity index (χ3n) is 2.65. The molecule has 0 fully saturated rings. The third-order valence-corrected chi connectivity index (χ3v) is 3.80. The highest BCUT2D eigenvalue weighted by Crippen LogP contribution is 2.41. The number of nitrogen functional groups attached to an aromatic ring is 1. The summed E-state index contributed by atoms with van der Waals surface area (Å²) in [5.41, 5.74) is 4.46. The lowest BCUT2D eigenvalue weighted by Gasteiger charge is -2.14. The number of anilines is 1. The first kappa shape index (κ1) is 15.2. The Morgan fingerprint density at radius 3 is 2.38 bits per heavy atom. The van der Waals surface area contributed by atoms with Crippen LogP contribution >= 0.6 is 11.8 Å². The minimum Gasteiger partial charge on any atom is -0.478 e. The predicted molar refractivity (Wildman–Crippen MR) is 73.4 cm³/mol. The number of hydrogen-bond donors (Lipinski definition) is 2. The van der Waals surface area contributed by atoms with Crippen molar-refractivity contribution in [2.24, 2.45) is 0 Å². The third kappa shape index (κ3) is 3.49. The molecular weight excluding hydrogens is 303 g/mol. The lowest BCUT2D eigenvalue weighted by Crippen LogP contribution is -2.08. The zero-order valence-electron chi connectivity index (χ0n) is 10.5. The summed E-state index contributed by atoms with van der Waals surface area (Å²) in [6.45, 7) is 0. The maximum Gasteiger partial charge on any atom is 0.417 e. The summed E-state index contributed by atoms with van der Waals surface area (Å²) in [6.07, 6.45) is -4.56. The van der Waals surface area contributed by atoms with Crippen molar-refractivity contribution in [3.05, 3.63) is 53.6 Å². The minimum absolute atomic E-state index is 0.00167. The van der Waals surface area contributed by atoms with Crippen LogP contribution in [-0.4, -0.2) is 11.1 Å². The highest BCUT2D eigenvalue weighted by Gasteiger charge is 2.34. The van der Waals surface area contributed by atoms with Crippen molar-refractivity contribution in [3.63, 3.8) is 0 Å². The molecule has 0 unspecified atom stereocenters. The molecule has 2 rings (SSSR count). The molecule has 0 bridgehead atoms. The molecule has 0 saturated heterocycles. The molecule has 7 heteroatoms. The fourth-order valence-corrected chi connectivity index (χ4v) is 2.78. The fraction of sp³-hybridized carbons (Fsp3) is 0.0714. The van der Waals surface area contributed by atoms with Gasteiger partial charge in [-0.3, -0.25) is 0 Å². The van der Waals surface area contributed by atoms with E-state index >= 15 is 0 Å². The number of carbonyl (C=O) groups is 1. The van der Waals surface area contributed by atoms with Crippen molar-refractivity contribution >= 4 is 23.4 Å². The van der Waals surface area contributed by atoms with E-state index in [0.29, 0.717) is 0 Å². The number of halogens is 3. The molecule has 0 radical (unpaired) electrons. The van der Waals surface area contributed by atoms with Gasteiger partial charge in [-0.25, -0.2) is 4.79 Å². The maximum absolute atomic E-state index is 13.0. The van der Waals surface area contributed by atoms with Gasteiger partial charge in [0.25, 0.3) is 0 Å². The molecule has 0 aliphatic heterocycles. The van der Waals surface area contributed by atoms with Gasteiger partial charge >= 0.3 is 12.1 Å². The zero-order valence-corrected chi connectivity index (χ0v) is 11.3. The largest absolute Gasteiger partial charge is 0.478 e. The van der Waals surface area contributed by atoms with E-state index in [2.05, 4.69) is 0 Å². The second kappa shape index (κ2) is 5.69. The molecule has 2 aromatic carbocycles. The first-order valence-corrected chi connectivity index (χ1v) is 6.57. The van der Waals surface area contributed by atoms with Crippen molar-refractivity contribution in [2.75, 3.05) is 5.73 Å². The molecule has 0 aliphatic rings. The lowest BCUT2D eigenvalue weighted by atomic mass is 10.2. The van der Waals surface area contributed by atoms with Crippen LogP contribution < -0.4 is 5.73 Å². The number of benzene rings is 2. The molecule has 3 nitrogen and oxygen atoms in total. The van der Waals surface area contributed by atoms with Crippen LogP contribution in [0.15, 0.2) is 52.3 Å². The average molecular weight is 313 g/mol. The minimum atomic E-state index is -4.56. The monoisotopic (exact) mass is 313 g/mol. The van der Waals surface area contributed by atoms with Gasteiger partial charge in [-0.1, -0.05) is 23.9 Å². The molecule has 0 spiro atoms. The molecule has 2 aromatic rings. The number of carboxylic acids is 1. The van der Waals surface area contributed by atoms with Gasteiger partial charge in [0.2, 0.25) is 0 Å². The van der Waals surface area contributed by atoms with Crippen LogP contribution in [0.25, 0.3) is 0 Å². The van der Waals surface area contributed by atoms with E-state index in [1.807, 2.05) is 0 Å². The summed E-state index contributed by atoms with van der Waals surface area (Å²) in [6, 6.07) is 9.31. The van der Waals surface area contributed by atoms with Gasteiger partial charge in [0.05, 0.1) is 11.1 Å². The molecule has 110 valence electrons. The number of alkyl halides is 3. The molecule has 0 aromatic heterocycles. The molecule has 21 heavy (non-hydrogen) atoms. The van der Waals surface area contributed by atoms with E-state index in [4.69, 9.17) is 10.8 Å². The fourth-order valence-electron chi connectivity index (χ4n) is 1.71. The Bertz CT molecular complexity index is 686. The average Bonchev–Trinajstić information content (AvgIpc) is 2.40. The predicted octanol–water partition coefficient (Wildman–Crippen LogP) is 4.14. The zero-order chi connectivity index (χ0) is 15.6. The van der Waals surface area contributed by atoms with Crippen LogP contribution in [0.5, 0.6) is 0 Å². The topological polar surface area (TPSA) is 63.3 Å². The van der Waals surface area contributed by atoms with E-state index < -0.39 is 17.7 Å². The van der Waals surface area contributed by atoms with E-state index in [9.17, 15) is 18.0 Å². The summed E-state index contributed by atoms with van der Waals surface area (Å²) >= 11 is 0.748. The summed E-state index contributed by atoms with van der Waals surface area (Å²) in [4.78, 5) is 11.2. The first-order chi connectivity index (χ1) is 9.79. The number of carboxylic acid groups (broad SMARTS) is 1. The number of hydrogen-bond acceptors (Lipinski definition) is 3. The van der Waals surface area contributed by atoms with Crippen LogP contribution in [0.1, 0.15) is 15.9 Å². The second-order valence-corrected chi connectivity index (χ2v) is 5.24. The van der Waals surface area contributed by atoms with Gasteiger partial charge in [-0.15, -0.1) is 0 Å². The Balaban J connectivity index is 2.48. The summed E-state index contributed by atoms with van der Waals surface area (Å²) in [5.74, 6) is -1.19. The van der Waals surface area contributed by atoms with Gasteiger partial charge < -0.3 is 10.8 Å². The van der Waals surface area contributed by atoms with Crippen LogP contribution in [0.2, 0.25) is 0 Å². The van der Waals surface area contributed by atoms with Crippen molar-refractivity contribution in [3.8, 4) is 0 Å². The van der Waals surface area contributed by atoms with E-state index in [0.717, 1.165) is 17.8 Å². The quantitative estimate of drug-likeness (QED) is 0.836. The first-order valence-electron chi connectivity index (χ1n) is 5.76. The van der Waals surface area contributed by atoms with Gasteiger partial charge in [0.1, 0.15) is 0 Å². The van der Waals surface area contributed by atoms with Crippen molar-refractivity contribution in [1.82, 2.24) is 0 Å². The molecule has 0 atom stereocenters. The number of rotatable bonds is 3. The Labute approximate surface area is 122 Å². The standard InChI is InChI=1S/C14H10F3NO2S/c15-14(16,17)10-7-8(18)5-6-12(10)21-11-4-2-1-3-9(11)13(19)20/h1-7H,18H2,(H,19,20). The van der Waals surface area contributed by atoms with E-state index in [1.54, 1.807) is 6.07 Å². The summed E-state index contributed by atoms with van der Waals surface area (Å²) < 4.78 is 39.0. The lowest BCUT2D eigenvalue weighted by molar-refractivity contribution is -0.139. The van der Waals surface area contributed by atoms with Gasteiger partial charge in [-0.05, 0) is 30.3 Å². The molecule has 0 saturated carbocycles. The second-order valence-electron chi connectivity index (χ2n) is 4.16. The van der Waals surface area contributed by atoms with Crippen LogP contribution in [0.4, 0.5) is 18.9 Å². The van der Waals surface area contributed by atoms with E-state index in [-0.39, 0.29) is 21.0 Å². The number of nitrogens with two attached hydrogens (primary N) is 1. The molecule has 0 amide bonds. The summed E-state index contributed by atoms with van der Waals surface area (Å²) in [5, 5.41) is 9.06. The van der Waals surface area contributed by atoms with Crippen LogP contribution in [-0.2, 0) is 6.18 Å². The van der Waals surface area contributed by atoms with Crippen molar-refractivity contribution in [1.29, 1.82) is 0 Å². The van der Waals surface area contributed by atoms with Crippen molar-refractivity contribution in [2.45, 2.75) is 16.0 Å². The van der Waals surface area contributed by atoms with Crippen LogP contribution in [0, 0.1) is 0 Å². The van der Waals surface area contributed by atoms with Crippen LogP contribution in [0.3, 0.4) is 0 Å². The van der Waals surface area contributed by atoms with Gasteiger partial charge in [0, 0.05) is 15.5 Å². The Morgan fingerprint density at radius 1 is 1.10 bits per heavy atom. The number of aromatic carboxylic acids is 1. The summed E-state index contributed by atoms with van der Waals surface area (Å²) in [7, 11) is 0. The highest BCUT2D eigenvalue weighted by atomic mass is 32.2. The Kier molecular flexibility index (Phi) is 4.13. The van der Waals surface area contributed by atoms with Gasteiger partial charge in [-0.2, -0.15) is 13.2 Å². The normalized spacial score (nSPS) is 11.4.